The molecule has 0 bridgehead atoms. The van der Waals surface area contributed by atoms with Gasteiger partial charge in [0.05, 0.1) is 11.4 Å². The standard InChI is InChI=1S/C16H12N2O2/c19-14-6-3-5-12(9-14)17-18-13-8-11-4-1-2-7-15(11)16(20)10-13/h1-10,19-20H. The molecule has 20 heavy (non-hydrogen) atoms. The lowest BCUT2D eigenvalue weighted by molar-refractivity contribution is 0.475. The first kappa shape index (κ1) is 12.2. The smallest absolute Gasteiger partial charge is 0.125 e. The summed E-state index contributed by atoms with van der Waals surface area (Å²) in [6, 6.07) is 17.5. The van der Waals surface area contributed by atoms with Crippen LogP contribution in [-0.4, -0.2) is 10.2 Å². The van der Waals surface area contributed by atoms with Gasteiger partial charge in [0.25, 0.3) is 0 Å². The van der Waals surface area contributed by atoms with Gasteiger partial charge in [0.15, 0.2) is 0 Å². The molecule has 0 aromatic heterocycles. The lowest BCUT2D eigenvalue weighted by Gasteiger charge is -2.02. The van der Waals surface area contributed by atoms with Crippen molar-refractivity contribution in [3.63, 3.8) is 0 Å². The van der Waals surface area contributed by atoms with Crippen LogP contribution in [0.1, 0.15) is 0 Å². The van der Waals surface area contributed by atoms with Gasteiger partial charge in [0.1, 0.15) is 11.5 Å². The van der Waals surface area contributed by atoms with Crippen molar-refractivity contribution < 1.29 is 10.2 Å². The second kappa shape index (κ2) is 5.01. The molecule has 98 valence electrons. The van der Waals surface area contributed by atoms with Gasteiger partial charge in [-0.05, 0) is 23.6 Å². The van der Waals surface area contributed by atoms with Crippen molar-refractivity contribution in [3.8, 4) is 11.5 Å². The van der Waals surface area contributed by atoms with E-state index in [1.54, 1.807) is 24.3 Å². The van der Waals surface area contributed by atoms with Crippen LogP contribution in [0.5, 0.6) is 11.5 Å². The second-order valence-electron chi connectivity index (χ2n) is 4.41. The molecule has 4 nitrogen and oxygen atoms in total. The van der Waals surface area contributed by atoms with Crippen LogP contribution < -0.4 is 0 Å². The van der Waals surface area contributed by atoms with Gasteiger partial charge in [-0.15, -0.1) is 0 Å². The Hall–Kier alpha value is -2.88. The fourth-order valence-electron chi connectivity index (χ4n) is 2.00. The van der Waals surface area contributed by atoms with Crippen LogP contribution in [-0.2, 0) is 0 Å². The minimum Gasteiger partial charge on any atom is -0.508 e. The molecule has 3 aromatic carbocycles. The monoisotopic (exact) mass is 264 g/mol. The highest BCUT2D eigenvalue weighted by Crippen LogP contribution is 2.31. The summed E-state index contributed by atoms with van der Waals surface area (Å²) in [6.07, 6.45) is 0. The van der Waals surface area contributed by atoms with E-state index in [9.17, 15) is 10.2 Å². The molecular formula is C16H12N2O2. The van der Waals surface area contributed by atoms with Crippen LogP contribution in [0, 0.1) is 0 Å². The highest BCUT2D eigenvalue weighted by Gasteiger charge is 2.02. The number of phenolic OH excluding ortho intramolecular Hbond substituents is 2. The zero-order valence-corrected chi connectivity index (χ0v) is 10.6. The molecule has 0 heterocycles. The van der Waals surface area contributed by atoms with Gasteiger partial charge in [0.2, 0.25) is 0 Å². The third-order valence-electron chi connectivity index (χ3n) is 2.94. The van der Waals surface area contributed by atoms with Crippen molar-refractivity contribution >= 4 is 22.1 Å². The molecule has 0 aliphatic heterocycles. The fraction of sp³-hybridized carbons (Fsp3) is 0. The Bertz CT molecular complexity index is 797. The van der Waals surface area contributed by atoms with E-state index in [2.05, 4.69) is 10.2 Å². The molecule has 0 saturated heterocycles. The van der Waals surface area contributed by atoms with Crippen molar-refractivity contribution in [1.82, 2.24) is 0 Å². The van der Waals surface area contributed by atoms with Crippen molar-refractivity contribution in [2.75, 3.05) is 0 Å². The number of phenols is 2. The van der Waals surface area contributed by atoms with E-state index in [0.29, 0.717) is 11.4 Å². The van der Waals surface area contributed by atoms with Crippen molar-refractivity contribution in [3.05, 3.63) is 60.7 Å². The van der Waals surface area contributed by atoms with E-state index < -0.39 is 0 Å². The Balaban J connectivity index is 1.99. The largest absolute Gasteiger partial charge is 0.508 e. The van der Waals surface area contributed by atoms with Crippen LogP contribution in [0.15, 0.2) is 70.9 Å². The van der Waals surface area contributed by atoms with E-state index in [-0.39, 0.29) is 11.5 Å². The molecule has 0 fully saturated rings. The maximum absolute atomic E-state index is 9.95. The van der Waals surface area contributed by atoms with Crippen LogP contribution >= 0.6 is 0 Å². The molecule has 4 heteroatoms. The second-order valence-corrected chi connectivity index (χ2v) is 4.41. The molecule has 0 aliphatic rings. The van der Waals surface area contributed by atoms with E-state index in [1.165, 1.54) is 6.07 Å². The zero-order chi connectivity index (χ0) is 13.9. The molecule has 0 amide bonds. The summed E-state index contributed by atoms with van der Waals surface area (Å²) in [5.41, 5.74) is 1.11. The third kappa shape index (κ3) is 2.44. The molecule has 0 radical (unpaired) electrons. The van der Waals surface area contributed by atoms with Gasteiger partial charge in [-0.3, -0.25) is 0 Å². The van der Waals surface area contributed by atoms with Crippen molar-refractivity contribution in [1.29, 1.82) is 0 Å². The predicted molar refractivity (Wildman–Crippen MR) is 77.9 cm³/mol. The van der Waals surface area contributed by atoms with E-state index in [4.69, 9.17) is 0 Å². The Morgan fingerprint density at radius 3 is 2.35 bits per heavy atom. The minimum atomic E-state index is 0.141. The Morgan fingerprint density at radius 1 is 0.700 bits per heavy atom. The molecule has 0 aliphatic carbocycles. The topological polar surface area (TPSA) is 65.2 Å². The highest BCUT2D eigenvalue weighted by atomic mass is 16.3. The maximum atomic E-state index is 9.95. The summed E-state index contributed by atoms with van der Waals surface area (Å²) < 4.78 is 0. The van der Waals surface area contributed by atoms with Crippen LogP contribution in [0.3, 0.4) is 0 Å². The van der Waals surface area contributed by atoms with Gasteiger partial charge in [-0.1, -0.05) is 30.3 Å². The average Bonchev–Trinajstić information content (AvgIpc) is 2.45. The van der Waals surface area contributed by atoms with E-state index in [0.717, 1.165) is 10.8 Å². The molecule has 3 aromatic rings. The molecule has 0 spiro atoms. The quantitative estimate of drug-likeness (QED) is 0.661. The summed E-state index contributed by atoms with van der Waals surface area (Å²) >= 11 is 0. The molecule has 0 unspecified atom stereocenters. The summed E-state index contributed by atoms with van der Waals surface area (Å²) in [4.78, 5) is 0. The van der Waals surface area contributed by atoms with Gasteiger partial charge in [-0.25, -0.2) is 0 Å². The first-order valence-corrected chi connectivity index (χ1v) is 6.15. The average molecular weight is 264 g/mol. The number of fused-ring (bicyclic) bond motifs is 1. The predicted octanol–water partition coefficient (Wildman–Crippen LogP) is 4.67. The Morgan fingerprint density at radius 2 is 1.50 bits per heavy atom. The zero-order valence-electron chi connectivity index (χ0n) is 10.6. The highest BCUT2D eigenvalue weighted by molar-refractivity contribution is 5.90. The summed E-state index contributed by atoms with van der Waals surface area (Å²) in [7, 11) is 0. The summed E-state index contributed by atoms with van der Waals surface area (Å²) in [6.45, 7) is 0. The molecular weight excluding hydrogens is 252 g/mol. The van der Waals surface area contributed by atoms with Crippen LogP contribution in [0.2, 0.25) is 0 Å². The number of benzene rings is 3. The number of aromatic hydroxyl groups is 2. The van der Waals surface area contributed by atoms with E-state index >= 15 is 0 Å². The number of hydrogen-bond donors (Lipinski definition) is 2. The molecule has 3 rings (SSSR count). The van der Waals surface area contributed by atoms with Gasteiger partial charge in [-0.2, -0.15) is 10.2 Å². The van der Waals surface area contributed by atoms with Gasteiger partial charge >= 0.3 is 0 Å². The maximum Gasteiger partial charge on any atom is 0.125 e. The number of nitrogens with zero attached hydrogens (tertiary/aromatic N) is 2. The van der Waals surface area contributed by atoms with Crippen molar-refractivity contribution in [2.24, 2.45) is 10.2 Å². The summed E-state index contributed by atoms with van der Waals surface area (Å²) in [5, 5.41) is 29.1. The lowest BCUT2D eigenvalue weighted by Crippen LogP contribution is -1.73. The molecule has 0 saturated carbocycles. The Labute approximate surface area is 115 Å². The first-order valence-electron chi connectivity index (χ1n) is 6.15. The first-order chi connectivity index (χ1) is 9.72. The van der Waals surface area contributed by atoms with Gasteiger partial charge < -0.3 is 10.2 Å². The Kier molecular flexibility index (Phi) is 3.05. The SMILES string of the molecule is Oc1cccc(N=Nc2cc(O)c3ccccc3c2)c1. The van der Waals surface area contributed by atoms with Crippen LogP contribution in [0.4, 0.5) is 11.4 Å². The molecule has 2 N–H and O–H groups in total. The fourth-order valence-corrected chi connectivity index (χ4v) is 2.00. The summed E-state index contributed by atoms with van der Waals surface area (Å²) in [5.74, 6) is 0.316. The van der Waals surface area contributed by atoms with E-state index in [1.807, 2.05) is 30.3 Å². The van der Waals surface area contributed by atoms with Gasteiger partial charge in [0, 0.05) is 17.5 Å². The normalized spacial score (nSPS) is 11.2. The third-order valence-corrected chi connectivity index (χ3v) is 2.94. The van der Waals surface area contributed by atoms with Crippen molar-refractivity contribution in [2.45, 2.75) is 0 Å². The molecule has 0 atom stereocenters. The number of rotatable bonds is 2. The number of azo groups is 1. The number of hydrogen-bond acceptors (Lipinski definition) is 4. The minimum absolute atomic E-state index is 0.141. The lowest BCUT2D eigenvalue weighted by atomic mass is 10.1. The van der Waals surface area contributed by atoms with Crippen LogP contribution in [0.25, 0.3) is 10.8 Å².